The zero-order valence-corrected chi connectivity index (χ0v) is 10.0. The topological polar surface area (TPSA) is 68.2 Å². The second-order valence-corrected chi connectivity index (χ2v) is 4.72. The maximum Gasteiger partial charge on any atom is 0.318 e. The van der Waals surface area contributed by atoms with Gasteiger partial charge in [0.2, 0.25) is 5.89 Å². The van der Waals surface area contributed by atoms with Crippen LogP contribution in [0, 0.1) is 5.92 Å². The summed E-state index contributed by atoms with van der Waals surface area (Å²) >= 11 is 0. The summed E-state index contributed by atoms with van der Waals surface area (Å²) in [6.45, 7) is 2.61. The van der Waals surface area contributed by atoms with Crippen LogP contribution in [0.15, 0.2) is 4.42 Å². The van der Waals surface area contributed by atoms with Gasteiger partial charge in [-0.1, -0.05) is 24.9 Å². The van der Waals surface area contributed by atoms with Crippen molar-refractivity contribution < 1.29 is 4.42 Å². The average Bonchev–Trinajstić information content (AvgIpc) is 2.76. The molecule has 0 saturated heterocycles. The first-order chi connectivity index (χ1) is 7.70. The Kier molecular flexibility index (Phi) is 3.43. The van der Waals surface area contributed by atoms with Crippen molar-refractivity contribution in [3.63, 3.8) is 0 Å². The van der Waals surface area contributed by atoms with Gasteiger partial charge in [0.25, 0.3) is 0 Å². The summed E-state index contributed by atoms with van der Waals surface area (Å²) in [4.78, 5) is 2.10. The largest absolute Gasteiger partial charge is 0.407 e. The number of nitrogens with zero attached hydrogens (tertiary/aromatic N) is 3. The Morgan fingerprint density at radius 2 is 2.25 bits per heavy atom. The van der Waals surface area contributed by atoms with Crippen LogP contribution in [0.3, 0.4) is 0 Å². The molecule has 1 fully saturated rings. The molecular formula is C11H20N4O. The van der Waals surface area contributed by atoms with E-state index >= 15 is 0 Å². The lowest BCUT2D eigenvalue weighted by atomic mass is 9.86. The van der Waals surface area contributed by atoms with Gasteiger partial charge in [-0.05, 0) is 18.8 Å². The van der Waals surface area contributed by atoms with Crippen LogP contribution in [-0.4, -0.2) is 23.3 Å². The summed E-state index contributed by atoms with van der Waals surface area (Å²) in [5, 5.41) is 7.90. The summed E-state index contributed by atoms with van der Waals surface area (Å²) in [7, 11) is 2.02. The van der Waals surface area contributed by atoms with Crippen molar-refractivity contribution >= 4 is 6.01 Å². The predicted octanol–water partition coefficient (Wildman–Crippen LogP) is 1.54. The van der Waals surface area contributed by atoms with E-state index in [4.69, 9.17) is 10.2 Å². The molecule has 1 heterocycles. The minimum atomic E-state index is 0.307. The van der Waals surface area contributed by atoms with E-state index in [-0.39, 0.29) is 0 Å². The third-order valence-corrected chi connectivity index (χ3v) is 3.39. The van der Waals surface area contributed by atoms with Crippen LogP contribution < -0.4 is 10.6 Å². The Hall–Kier alpha value is -1.10. The monoisotopic (exact) mass is 224 g/mol. The van der Waals surface area contributed by atoms with Crippen LogP contribution in [0.2, 0.25) is 0 Å². The molecule has 1 saturated carbocycles. The Balaban J connectivity index is 2.02. The van der Waals surface area contributed by atoms with E-state index in [1.807, 2.05) is 7.05 Å². The molecule has 90 valence electrons. The van der Waals surface area contributed by atoms with Crippen molar-refractivity contribution in [3.05, 3.63) is 5.89 Å². The molecule has 0 aromatic carbocycles. The summed E-state index contributed by atoms with van der Waals surface area (Å²) in [5.74, 6) is 1.30. The fourth-order valence-electron chi connectivity index (χ4n) is 2.38. The molecule has 0 radical (unpaired) electrons. The Labute approximate surface area is 96.0 Å². The fraction of sp³-hybridized carbons (Fsp3) is 0.818. The van der Waals surface area contributed by atoms with Gasteiger partial charge in [-0.25, -0.2) is 0 Å². The van der Waals surface area contributed by atoms with Gasteiger partial charge in [-0.3, -0.25) is 0 Å². The van der Waals surface area contributed by atoms with Crippen molar-refractivity contribution in [2.45, 2.75) is 45.2 Å². The second kappa shape index (κ2) is 4.82. The van der Waals surface area contributed by atoms with E-state index < -0.39 is 0 Å². The van der Waals surface area contributed by atoms with Gasteiger partial charge in [0, 0.05) is 13.1 Å². The molecule has 2 unspecified atom stereocenters. The number of hydrogen-bond acceptors (Lipinski definition) is 5. The third kappa shape index (κ3) is 2.35. The highest BCUT2D eigenvalue weighted by molar-refractivity contribution is 5.24. The van der Waals surface area contributed by atoms with E-state index in [0.717, 1.165) is 5.92 Å². The van der Waals surface area contributed by atoms with E-state index in [0.29, 0.717) is 24.5 Å². The van der Waals surface area contributed by atoms with Crippen LogP contribution in [0.25, 0.3) is 0 Å². The molecule has 0 bridgehead atoms. The Morgan fingerprint density at radius 1 is 1.44 bits per heavy atom. The van der Waals surface area contributed by atoms with Crippen LogP contribution in [0.4, 0.5) is 6.01 Å². The van der Waals surface area contributed by atoms with Gasteiger partial charge < -0.3 is 15.1 Å². The molecule has 1 aliphatic carbocycles. The minimum absolute atomic E-state index is 0.307. The van der Waals surface area contributed by atoms with Gasteiger partial charge in [0.15, 0.2) is 0 Å². The van der Waals surface area contributed by atoms with Crippen molar-refractivity contribution in [3.8, 4) is 0 Å². The summed E-state index contributed by atoms with van der Waals surface area (Å²) < 4.78 is 5.46. The van der Waals surface area contributed by atoms with Gasteiger partial charge in [0.1, 0.15) is 0 Å². The molecule has 0 aliphatic heterocycles. The van der Waals surface area contributed by atoms with Gasteiger partial charge in [-0.15, -0.1) is 5.10 Å². The molecule has 1 aromatic heterocycles. The summed E-state index contributed by atoms with van der Waals surface area (Å²) in [5.41, 5.74) is 5.45. The molecule has 1 aliphatic rings. The fourth-order valence-corrected chi connectivity index (χ4v) is 2.38. The first-order valence-corrected chi connectivity index (χ1v) is 5.96. The molecule has 0 spiro atoms. The SMILES string of the molecule is CC1CCCC(N(C)c2nnc(CN)o2)C1. The van der Waals surface area contributed by atoms with Gasteiger partial charge >= 0.3 is 6.01 Å². The van der Waals surface area contributed by atoms with Crippen molar-refractivity contribution in [1.29, 1.82) is 0 Å². The maximum absolute atomic E-state index is 5.46. The van der Waals surface area contributed by atoms with Crippen LogP contribution in [0.1, 0.15) is 38.5 Å². The molecule has 5 nitrogen and oxygen atoms in total. The quantitative estimate of drug-likeness (QED) is 0.843. The molecule has 2 atom stereocenters. The van der Waals surface area contributed by atoms with Crippen molar-refractivity contribution in [1.82, 2.24) is 10.2 Å². The number of anilines is 1. The predicted molar refractivity (Wildman–Crippen MR) is 62.0 cm³/mol. The van der Waals surface area contributed by atoms with Crippen molar-refractivity contribution in [2.24, 2.45) is 11.7 Å². The average molecular weight is 224 g/mol. The van der Waals surface area contributed by atoms with E-state index in [9.17, 15) is 0 Å². The number of nitrogens with two attached hydrogens (primary N) is 1. The lowest BCUT2D eigenvalue weighted by Crippen LogP contribution is -2.35. The Bertz CT molecular complexity index is 338. The maximum atomic E-state index is 5.46. The van der Waals surface area contributed by atoms with E-state index in [2.05, 4.69) is 22.0 Å². The lowest BCUT2D eigenvalue weighted by Gasteiger charge is -2.32. The standard InChI is InChI=1S/C11H20N4O/c1-8-4-3-5-9(6-8)15(2)11-14-13-10(7-12)16-11/h8-9H,3-7,12H2,1-2H3. The minimum Gasteiger partial charge on any atom is -0.407 e. The van der Waals surface area contributed by atoms with E-state index in [1.165, 1.54) is 25.7 Å². The van der Waals surface area contributed by atoms with Gasteiger partial charge in [0.05, 0.1) is 6.54 Å². The highest BCUT2D eigenvalue weighted by Gasteiger charge is 2.25. The highest BCUT2D eigenvalue weighted by Crippen LogP contribution is 2.28. The zero-order valence-electron chi connectivity index (χ0n) is 10.0. The second-order valence-electron chi connectivity index (χ2n) is 4.72. The summed E-state index contributed by atoms with van der Waals surface area (Å²) in [6, 6.07) is 1.12. The number of aromatic nitrogens is 2. The first kappa shape index (κ1) is 11.4. The Morgan fingerprint density at radius 3 is 2.88 bits per heavy atom. The third-order valence-electron chi connectivity index (χ3n) is 3.39. The molecule has 16 heavy (non-hydrogen) atoms. The molecule has 1 aromatic rings. The van der Waals surface area contributed by atoms with Crippen molar-refractivity contribution in [2.75, 3.05) is 11.9 Å². The lowest BCUT2D eigenvalue weighted by molar-refractivity contribution is 0.326. The van der Waals surface area contributed by atoms with E-state index in [1.54, 1.807) is 0 Å². The van der Waals surface area contributed by atoms with Crippen LogP contribution >= 0.6 is 0 Å². The first-order valence-electron chi connectivity index (χ1n) is 5.96. The smallest absolute Gasteiger partial charge is 0.318 e. The number of hydrogen-bond donors (Lipinski definition) is 1. The molecular weight excluding hydrogens is 204 g/mol. The molecule has 0 amide bonds. The van der Waals surface area contributed by atoms with Crippen LogP contribution in [0.5, 0.6) is 0 Å². The molecule has 2 N–H and O–H groups in total. The number of rotatable bonds is 3. The zero-order chi connectivity index (χ0) is 11.5. The molecule has 5 heteroatoms. The highest BCUT2D eigenvalue weighted by atomic mass is 16.4. The summed E-state index contributed by atoms with van der Waals surface area (Å²) in [6.07, 6.45) is 5.04. The molecule has 2 rings (SSSR count). The normalized spacial score (nSPS) is 25.7. The van der Waals surface area contributed by atoms with Gasteiger partial charge in [-0.2, -0.15) is 0 Å². The van der Waals surface area contributed by atoms with Crippen LogP contribution in [-0.2, 0) is 6.54 Å².